The fourth-order valence-electron chi connectivity index (χ4n) is 16.8. The van der Waals surface area contributed by atoms with Gasteiger partial charge in [-0.3, -0.25) is 53.3 Å². The smallest absolute Gasteiger partial charge is 0.409 e. The number of alkyl carbamates (subject to hydrolysis) is 1. The number of nitrogens with zero attached hydrogens (tertiary/aromatic N) is 2. The highest BCUT2D eigenvalue weighted by molar-refractivity contribution is 8.77. The van der Waals surface area contributed by atoms with Crippen LogP contribution in [-0.2, 0) is 97.4 Å². The van der Waals surface area contributed by atoms with Crippen LogP contribution in [0, 0.1) is 11.8 Å². The molecule has 3 fully saturated rings. The monoisotopic (exact) mass is 1950 g/mol. The maximum Gasteiger partial charge on any atom is 0.409 e. The van der Waals surface area contributed by atoms with Gasteiger partial charge in [-0.25, -0.2) is 9.59 Å². The lowest BCUT2D eigenvalue weighted by Gasteiger charge is -2.42. The van der Waals surface area contributed by atoms with E-state index in [0.29, 0.717) is 55.0 Å². The van der Waals surface area contributed by atoms with E-state index in [9.17, 15) is 58.8 Å². The standard InChI is InChI=1S/C97H134ClN11O21S4/c1-12-13-14-15-16-24-43-100-71(48-62-28-18-17-19-29-62)90(119)103-73-55-133-134-56-74(104-93(122)86(61(6)111)106-89(118)70(32-22-23-42-99)101-91(120)72(51-66-38-37-65-30-20-21-31-69(65)66)102-88(117)67(52-77(73)114)47-63-35-39-68(112)40-36-63)92(121)105-85(60(5)110)76(113)33-26-44-131-132-45-41-82(115)108(8)59(4)94(123)129-81-53-83(116)109(9)75-49-64(50-78(126-10)84(75)98)46-57(2)27-25-34-80(127-11)97(125)54-79(128-95(124)107-97)58(3)87-96(81,7)130-87/h17-21,25,27-31,34-36,38-40,49-50,58-61,67,70-74,79-81,85-87,100,110-112,125H,12-16,22-24,26,32-33,37,41-48,51-56,99H2,1-11H3,(H,101,120)(H,102,117)(H,103,119)(H,104,122)(H,105,121)(H,106,118)(H,107,124)/b34-25+,57-27+/t58-,59+,60-,61-,67-,70+,71-,72-,73+,74+,79+,80-,81+,85+,86+,87+,96+,97+/m1/s1. The van der Waals surface area contributed by atoms with Gasteiger partial charge in [0, 0.05) is 88.2 Å². The molecule has 0 radical (unpaired) electrons. The summed E-state index contributed by atoms with van der Waals surface area (Å²) in [4.78, 5) is 179. The molecule has 14 N–H and O–H groups in total. The number of aliphatic hydroxyl groups excluding tert-OH is 2. The molecule has 134 heavy (non-hydrogen) atoms. The summed E-state index contributed by atoms with van der Waals surface area (Å²) in [6.07, 6.45) is 5.54. The third-order valence-electron chi connectivity index (χ3n) is 25.1. The van der Waals surface area contributed by atoms with Gasteiger partial charge in [0.25, 0.3) is 0 Å². The fourth-order valence-corrected chi connectivity index (χ4v) is 21.5. The molecule has 4 bridgehead atoms. The highest BCUT2D eigenvalue weighted by atomic mass is 35.5. The van der Waals surface area contributed by atoms with Crippen molar-refractivity contribution in [3.8, 4) is 11.5 Å². The van der Waals surface area contributed by atoms with Gasteiger partial charge in [0.15, 0.2) is 17.3 Å². The number of carbonyl (C=O) groups excluding carboxylic acids is 12. The van der Waals surface area contributed by atoms with Crippen LogP contribution < -0.4 is 57.9 Å². The number of phenolic OH excluding ortho intramolecular Hbond substituents is 1. The number of allylic oxidation sites excluding steroid dienone is 4. The van der Waals surface area contributed by atoms with E-state index in [0.717, 1.165) is 93.5 Å². The predicted octanol–water partition coefficient (Wildman–Crippen LogP) is 8.94. The van der Waals surface area contributed by atoms with Crippen LogP contribution >= 0.6 is 54.8 Å². The molecule has 4 aromatic rings. The number of aliphatic hydroxyl groups is 3. The first kappa shape index (κ1) is 109. The summed E-state index contributed by atoms with van der Waals surface area (Å²) >= 11 is 6.90. The zero-order valence-electron chi connectivity index (χ0n) is 78.3. The van der Waals surface area contributed by atoms with E-state index in [1.54, 1.807) is 50.3 Å². The molecule has 3 saturated heterocycles. The van der Waals surface area contributed by atoms with Crippen LogP contribution in [0.4, 0.5) is 10.5 Å². The Balaban J connectivity index is 0.892. The second kappa shape index (κ2) is 53.0. The van der Waals surface area contributed by atoms with E-state index in [2.05, 4.69) is 49.5 Å². The van der Waals surface area contributed by atoms with Crippen molar-refractivity contribution >= 4 is 137 Å². The normalized spacial score (nSPS) is 25.8. The van der Waals surface area contributed by atoms with Gasteiger partial charge in [-0.15, -0.1) is 0 Å². The number of rotatable bonds is 38. The summed E-state index contributed by atoms with van der Waals surface area (Å²) in [5, 5.41) is 67.9. The number of epoxide rings is 1. The highest BCUT2D eigenvalue weighted by Crippen LogP contribution is 2.50. The average Bonchev–Trinajstić information content (AvgIpc) is 1.57. The first-order valence-electron chi connectivity index (χ1n) is 46.1. The van der Waals surface area contributed by atoms with Crippen LogP contribution in [0.15, 0.2) is 121 Å². The molecule has 5 aliphatic rings. The lowest BCUT2D eigenvalue weighted by atomic mass is 9.83. The lowest BCUT2D eigenvalue weighted by Crippen LogP contribution is -2.63. The SMILES string of the molecule is CCCCCCCCN[C@H](Cc1ccccc1)C(=O)N[C@H]1CSSC[C@@H](C(=O)N[C@H](C(=O)CCCSSCCC(=O)N(C)[C@@H](C)C(=O)O[C@H]2CC(=O)N(C)c3cc(cc(OC)c3Cl)C/C(C)=C/C=C/[C@@H](OC)[C@@]3(O)C[C@H](OC(=O)N3)[C@@H](C)[C@@H]3O[C@@]23C)[C@@H](C)O)NC(=O)[C@H]([C@@H](C)O)NC(=O)[C@H](CCCCN)NC(=O)[C@@H](CC2=CCc3ccccc32)NC(=O)[C@H](Cc2ccc(O)cc2)CC1=O. The summed E-state index contributed by atoms with van der Waals surface area (Å²) < 4.78 is 29.8. The number of phenols is 1. The maximum absolute atomic E-state index is 15.5. The second-order valence-corrected chi connectivity index (χ2v) is 41.0. The lowest BCUT2D eigenvalue weighted by molar-refractivity contribution is -0.162. The zero-order chi connectivity index (χ0) is 97.5. The number of hydrogen-bond donors (Lipinski definition) is 13. The van der Waals surface area contributed by atoms with E-state index in [-0.39, 0.29) is 85.9 Å². The molecule has 1 aliphatic carbocycles. The molecule has 0 aromatic heterocycles. The minimum atomic E-state index is -1.93. The van der Waals surface area contributed by atoms with E-state index in [1.165, 1.54) is 92.6 Å². The Morgan fingerprint density at radius 3 is 2.20 bits per heavy atom. The van der Waals surface area contributed by atoms with E-state index < -0.39 is 192 Å². The Hall–Kier alpha value is -9.05. The third kappa shape index (κ3) is 31.5. The first-order chi connectivity index (χ1) is 64.0. The molecule has 4 heterocycles. The van der Waals surface area contributed by atoms with Crippen LogP contribution in [-0.4, -0.2) is 257 Å². The Bertz CT molecular complexity index is 4790. The molecule has 37 heteroatoms. The van der Waals surface area contributed by atoms with Crippen molar-refractivity contribution in [2.45, 2.75) is 273 Å². The Kier molecular flexibility index (Phi) is 43.0. The number of fused-ring (bicyclic) bond motifs is 6. The zero-order valence-corrected chi connectivity index (χ0v) is 82.3. The number of hydrogen-bond acceptors (Lipinski definition) is 27. The number of likely N-dealkylation sites (N-methyl/N-ethyl adjacent to an activating group) is 1. The van der Waals surface area contributed by atoms with Crippen LogP contribution in [0.3, 0.4) is 0 Å². The van der Waals surface area contributed by atoms with Gasteiger partial charge in [0.1, 0.15) is 76.7 Å². The molecule has 9 amide bonds. The van der Waals surface area contributed by atoms with Gasteiger partial charge in [-0.1, -0.05) is 197 Å². The summed E-state index contributed by atoms with van der Waals surface area (Å²) in [7, 11) is 10.5. The van der Waals surface area contributed by atoms with Crippen molar-refractivity contribution < 1.29 is 102 Å². The second-order valence-electron chi connectivity index (χ2n) is 35.4. The molecule has 4 aromatic carbocycles. The van der Waals surface area contributed by atoms with E-state index in [1.807, 2.05) is 73.7 Å². The van der Waals surface area contributed by atoms with Gasteiger partial charge < -0.3 is 96.9 Å². The Labute approximate surface area is 806 Å². The molecular formula is C97H134ClN11O21S4. The van der Waals surface area contributed by atoms with Crippen molar-refractivity contribution in [2.75, 3.05) is 69.3 Å². The van der Waals surface area contributed by atoms with Crippen molar-refractivity contribution in [3.05, 3.63) is 154 Å². The molecule has 18 atom stereocenters. The fraction of sp³-hybridized carbons (Fsp3) is 0.567. The van der Waals surface area contributed by atoms with Crippen LogP contribution in [0.25, 0.3) is 5.57 Å². The largest absolute Gasteiger partial charge is 0.508 e. The minimum Gasteiger partial charge on any atom is -0.508 e. The number of benzene rings is 4. The minimum absolute atomic E-state index is 0.0301. The van der Waals surface area contributed by atoms with Gasteiger partial charge in [-0.2, -0.15) is 0 Å². The summed E-state index contributed by atoms with van der Waals surface area (Å²) in [5.41, 5.74) is 8.48. The van der Waals surface area contributed by atoms with Gasteiger partial charge in [0.05, 0.1) is 49.6 Å². The molecule has 0 spiro atoms. The van der Waals surface area contributed by atoms with Gasteiger partial charge in [-0.05, 0) is 163 Å². The number of aromatic hydroxyl groups is 1. The van der Waals surface area contributed by atoms with Crippen molar-refractivity contribution in [1.29, 1.82) is 0 Å². The number of halogens is 1. The number of unbranched alkanes of at least 4 members (excludes halogenated alkanes) is 6. The summed E-state index contributed by atoms with van der Waals surface area (Å²) in [6.45, 7) is 12.2. The third-order valence-corrected chi connectivity index (χ3v) is 30.4. The molecule has 4 aliphatic heterocycles. The molecule has 32 nitrogen and oxygen atoms in total. The summed E-state index contributed by atoms with van der Waals surface area (Å²) in [6, 6.07) is 15.5. The topological polar surface area (TPSA) is 464 Å². The number of nitrogens with two attached hydrogens (primary N) is 1. The molecular weight excluding hydrogens is 1820 g/mol. The molecule has 0 saturated carbocycles. The van der Waals surface area contributed by atoms with Crippen molar-refractivity contribution in [1.82, 2.24) is 47.4 Å². The van der Waals surface area contributed by atoms with Crippen LogP contribution in [0.2, 0.25) is 5.02 Å². The maximum atomic E-state index is 15.5. The average molecular weight is 1950 g/mol. The number of ether oxygens (including phenoxy) is 5. The van der Waals surface area contributed by atoms with Gasteiger partial charge in [0.2, 0.25) is 47.3 Å². The van der Waals surface area contributed by atoms with Crippen LogP contribution in [0.5, 0.6) is 11.5 Å². The van der Waals surface area contributed by atoms with Crippen molar-refractivity contribution in [3.63, 3.8) is 0 Å². The number of nitrogens with one attached hydrogen (secondary N) is 8. The number of ketones is 2. The number of anilines is 1. The molecule has 0 unspecified atom stereocenters. The highest BCUT2D eigenvalue weighted by Gasteiger charge is 2.65. The molecule has 9 rings (SSSR count). The van der Waals surface area contributed by atoms with Crippen LogP contribution in [0.1, 0.15) is 179 Å². The number of esters is 1. The first-order valence-corrected chi connectivity index (χ1v) is 51.5. The quantitative estimate of drug-likeness (QED) is 0.00861. The summed E-state index contributed by atoms with van der Waals surface area (Å²) in [5.74, 6) is -9.48. The number of methoxy groups -OCH3 is 2. The van der Waals surface area contributed by atoms with E-state index >= 15 is 19.2 Å². The number of Topliss-reactive ketones (excluding diaryl/α,β-unsaturated/α-hetero) is 2. The number of amides is 9. The van der Waals surface area contributed by atoms with E-state index in [4.69, 9.17) is 41.0 Å². The Morgan fingerprint density at radius 2 is 1.49 bits per heavy atom. The predicted molar refractivity (Wildman–Crippen MR) is 520 cm³/mol. The number of carbonyl (C=O) groups is 12. The Morgan fingerprint density at radius 1 is 0.799 bits per heavy atom. The van der Waals surface area contributed by atoms with Gasteiger partial charge >= 0.3 is 12.1 Å². The molecule has 734 valence electrons. The van der Waals surface area contributed by atoms with Crippen molar-refractivity contribution in [2.24, 2.45) is 17.6 Å².